The van der Waals surface area contributed by atoms with E-state index in [4.69, 9.17) is 19.2 Å². The summed E-state index contributed by atoms with van der Waals surface area (Å²) in [6.45, 7) is 8.01. The standard InChI is InChI=1S/C26H30N2O3/c1-5-30-25(31-6-2)17-28-24-10-8-7-9-23(24)27-26(28)18(3)19-11-12-21-16-22(29-4)14-13-20(21)15-19/h7-16,18,25H,5-6,17H2,1-4H3. The first-order chi connectivity index (χ1) is 15.1. The Morgan fingerprint density at radius 2 is 1.61 bits per heavy atom. The Morgan fingerprint density at radius 1 is 0.903 bits per heavy atom. The average molecular weight is 419 g/mol. The Bertz CT molecular complexity index is 1160. The first kappa shape index (κ1) is 21.3. The van der Waals surface area contributed by atoms with Crippen LogP contribution in [0.3, 0.4) is 0 Å². The number of hydrogen-bond donors (Lipinski definition) is 0. The van der Waals surface area contributed by atoms with Gasteiger partial charge >= 0.3 is 0 Å². The van der Waals surface area contributed by atoms with Crippen molar-refractivity contribution < 1.29 is 14.2 Å². The Morgan fingerprint density at radius 3 is 2.35 bits per heavy atom. The maximum atomic E-state index is 5.84. The van der Waals surface area contributed by atoms with Gasteiger partial charge in [-0.15, -0.1) is 0 Å². The smallest absolute Gasteiger partial charge is 0.175 e. The third-order valence-electron chi connectivity index (χ3n) is 5.68. The van der Waals surface area contributed by atoms with Gasteiger partial charge in [-0.05, 0) is 54.4 Å². The first-order valence-electron chi connectivity index (χ1n) is 10.9. The van der Waals surface area contributed by atoms with E-state index < -0.39 is 0 Å². The van der Waals surface area contributed by atoms with Crippen molar-refractivity contribution in [2.45, 2.75) is 39.5 Å². The summed E-state index contributed by atoms with van der Waals surface area (Å²) in [4.78, 5) is 5.00. The molecule has 0 saturated carbocycles. The average Bonchev–Trinajstić information content (AvgIpc) is 3.16. The minimum Gasteiger partial charge on any atom is -0.497 e. The fourth-order valence-electron chi connectivity index (χ4n) is 4.08. The van der Waals surface area contributed by atoms with Gasteiger partial charge in [0.25, 0.3) is 0 Å². The zero-order chi connectivity index (χ0) is 21.8. The number of methoxy groups -OCH3 is 1. The van der Waals surface area contributed by atoms with Gasteiger partial charge in [0.15, 0.2) is 6.29 Å². The molecule has 31 heavy (non-hydrogen) atoms. The molecule has 0 radical (unpaired) electrons. The lowest BCUT2D eigenvalue weighted by molar-refractivity contribution is -0.143. The number of rotatable bonds is 9. The predicted molar refractivity (Wildman–Crippen MR) is 125 cm³/mol. The molecule has 1 unspecified atom stereocenters. The molecule has 5 nitrogen and oxygen atoms in total. The van der Waals surface area contributed by atoms with Crippen LogP contribution in [0.2, 0.25) is 0 Å². The second-order valence-electron chi connectivity index (χ2n) is 7.60. The first-order valence-corrected chi connectivity index (χ1v) is 10.9. The van der Waals surface area contributed by atoms with Gasteiger partial charge in [-0.2, -0.15) is 0 Å². The molecule has 3 aromatic carbocycles. The van der Waals surface area contributed by atoms with E-state index in [1.165, 1.54) is 10.9 Å². The molecular weight excluding hydrogens is 388 g/mol. The van der Waals surface area contributed by atoms with E-state index >= 15 is 0 Å². The highest BCUT2D eigenvalue weighted by atomic mass is 16.7. The molecule has 1 heterocycles. The molecule has 1 aromatic heterocycles. The second-order valence-corrected chi connectivity index (χ2v) is 7.60. The van der Waals surface area contributed by atoms with E-state index in [0.717, 1.165) is 28.0 Å². The Hall–Kier alpha value is -2.89. The van der Waals surface area contributed by atoms with Crippen LogP contribution in [0.1, 0.15) is 38.1 Å². The fourth-order valence-corrected chi connectivity index (χ4v) is 4.08. The van der Waals surface area contributed by atoms with Crippen molar-refractivity contribution >= 4 is 21.8 Å². The van der Waals surface area contributed by atoms with E-state index in [-0.39, 0.29) is 12.2 Å². The van der Waals surface area contributed by atoms with Crippen LogP contribution >= 0.6 is 0 Å². The van der Waals surface area contributed by atoms with Crippen molar-refractivity contribution in [3.05, 3.63) is 72.1 Å². The number of nitrogens with zero attached hydrogens (tertiary/aromatic N) is 2. The second kappa shape index (κ2) is 9.50. The molecule has 5 heteroatoms. The Labute approximate surface area is 183 Å². The van der Waals surface area contributed by atoms with Crippen LogP contribution in [0.25, 0.3) is 21.8 Å². The van der Waals surface area contributed by atoms with Gasteiger partial charge < -0.3 is 18.8 Å². The van der Waals surface area contributed by atoms with Gasteiger partial charge in [0.1, 0.15) is 11.6 Å². The SMILES string of the molecule is CCOC(Cn1c(C(C)c2ccc3cc(OC)ccc3c2)nc2ccccc21)OCC. The highest BCUT2D eigenvalue weighted by Gasteiger charge is 2.21. The quantitative estimate of drug-likeness (QED) is 0.325. The van der Waals surface area contributed by atoms with E-state index in [1.54, 1.807) is 7.11 Å². The van der Waals surface area contributed by atoms with E-state index in [2.05, 4.69) is 60.0 Å². The molecule has 0 aliphatic rings. The van der Waals surface area contributed by atoms with Crippen molar-refractivity contribution in [3.63, 3.8) is 0 Å². The zero-order valence-corrected chi connectivity index (χ0v) is 18.7. The number of hydrogen-bond acceptors (Lipinski definition) is 4. The van der Waals surface area contributed by atoms with Gasteiger partial charge in [-0.3, -0.25) is 0 Å². The largest absolute Gasteiger partial charge is 0.497 e. The summed E-state index contributed by atoms with van der Waals surface area (Å²) in [7, 11) is 1.69. The van der Waals surface area contributed by atoms with Gasteiger partial charge in [0.05, 0.1) is 24.7 Å². The maximum Gasteiger partial charge on any atom is 0.175 e. The third kappa shape index (κ3) is 4.43. The van der Waals surface area contributed by atoms with Gasteiger partial charge in [0.2, 0.25) is 0 Å². The van der Waals surface area contributed by atoms with Crippen LogP contribution in [0.15, 0.2) is 60.7 Å². The fraction of sp³-hybridized carbons (Fsp3) is 0.346. The summed E-state index contributed by atoms with van der Waals surface area (Å²) >= 11 is 0. The lowest BCUT2D eigenvalue weighted by atomic mass is 9.97. The van der Waals surface area contributed by atoms with Crippen LogP contribution in [0, 0.1) is 0 Å². The van der Waals surface area contributed by atoms with Crippen molar-refractivity contribution in [1.82, 2.24) is 9.55 Å². The topological polar surface area (TPSA) is 45.5 Å². The minimum atomic E-state index is -0.303. The highest BCUT2D eigenvalue weighted by Crippen LogP contribution is 2.31. The molecule has 0 bridgehead atoms. The van der Waals surface area contributed by atoms with Gasteiger partial charge in [0, 0.05) is 19.1 Å². The molecule has 0 N–H and O–H groups in total. The van der Waals surface area contributed by atoms with E-state index in [1.807, 2.05) is 26.0 Å². The summed E-state index contributed by atoms with van der Waals surface area (Å²) in [5.74, 6) is 1.99. The maximum absolute atomic E-state index is 5.84. The molecule has 4 aromatic rings. The van der Waals surface area contributed by atoms with Crippen molar-refractivity contribution in [2.24, 2.45) is 0 Å². The highest BCUT2D eigenvalue weighted by molar-refractivity contribution is 5.85. The van der Waals surface area contributed by atoms with E-state index in [0.29, 0.717) is 19.8 Å². The van der Waals surface area contributed by atoms with Crippen LogP contribution < -0.4 is 4.74 Å². The zero-order valence-electron chi connectivity index (χ0n) is 18.7. The summed E-state index contributed by atoms with van der Waals surface area (Å²) in [6, 6.07) is 21.0. The van der Waals surface area contributed by atoms with Gasteiger partial charge in [-0.1, -0.05) is 43.3 Å². The summed E-state index contributed by atoms with van der Waals surface area (Å²) < 4.78 is 19.3. The number of benzene rings is 3. The number of imidazole rings is 1. The monoisotopic (exact) mass is 418 g/mol. The number of para-hydroxylation sites is 2. The van der Waals surface area contributed by atoms with E-state index in [9.17, 15) is 0 Å². The molecule has 1 atom stereocenters. The van der Waals surface area contributed by atoms with Gasteiger partial charge in [-0.25, -0.2) is 4.98 Å². The molecule has 0 aliphatic carbocycles. The van der Waals surface area contributed by atoms with Crippen molar-refractivity contribution in [3.8, 4) is 5.75 Å². The molecule has 0 spiro atoms. The molecule has 0 saturated heterocycles. The van der Waals surface area contributed by atoms with Crippen LogP contribution in [0.5, 0.6) is 5.75 Å². The van der Waals surface area contributed by atoms with Crippen LogP contribution in [-0.4, -0.2) is 36.2 Å². The number of aromatic nitrogens is 2. The molecule has 0 amide bonds. The third-order valence-corrected chi connectivity index (χ3v) is 5.68. The minimum absolute atomic E-state index is 0.114. The summed E-state index contributed by atoms with van der Waals surface area (Å²) in [6.07, 6.45) is -0.303. The molecule has 0 aliphatic heterocycles. The molecular formula is C26H30N2O3. The predicted octanol–water partition coefficient (Wildman–Crippen LogP) is 5.75. The van der Waals surface area contributed by atoms with Crippen LogP contribution in [-0.2, 0) is 16.0 Å². The van der Waals surface area contributed by atoms with Crippen molar-refractivity contribution in [1.29, 1.82) is 0 Å². The molecule has 0 fully saturated rings. The molecule has 4 rings (SSSR count). The number of fused-ring (bicyclic) bond motifs is 2. The lowest BCUT2D eigenvalue weighted by Crippen LogP contribution is -2.25. The summed E-state index contributed by atoms with van der Waals surface area (Å²) in [5, 5.41) is 2.35. The summed E-state index contributed by atoms with van der Waals surface area (Å²) in [5.41, 5.74) is 3.31. The normalized spacial score (nSPS) is 12.7. The molecule has 162 valence electrons. The van der Waals surface area contributed by atoms with Crippen LogP contribution in [0.4, 0.5) is 0 Å². The Balaban J connectivity index is 1.75. The van der Waals surface area contributed by atoms with Crippen molar-refractivity contribution in [2.75, 3.05) is 20.3 Å². The number of ether oxygens (including phenoxy) is 3. The lowest BCUT2D eigenvalue weighted by Gasteiger charge is -2.21. The Kier molecular flexibility index (Phi) is 6.54.